The van der Waals surface area contributed by atoms with E-state index in [-0.39, 0.29) is 6.42 Å². The Bertz CT molecular complexity index is 525. The number of carboxylic acid groups (broad SMARTS) is 1. The second kappa shape index (κ2) is 6.89. The lowest BCUT2D eigenvalue weighted by Gasteiger charge is -2.01. The fourth-order valence-corrected chi connectivity index (χ4v) is 2.44. The summed E-state index contributed by atoms with van der Waals surface area (Å²) in [4.78, 5) is 14.9. The maximum absolute atomic E-state index is 10.4. The number of hydrogen-bond donors (Lipinski definition) is 2. The van der Waals surface area contributed by atoms with Gasteiger partial charge in [0, 0.05) is 23.9 Å². The number of nitrogens with zero attached hydrogens (tertiary/aromatic N) is 1. The largest absolute Gasteiger partial charge is 0.481 e. The molecule has 0 aliphatic heterocycles. The zero-order valence-electron chi connectivity index (χ0n) is 10.5. The van der Waals surface area contributed by atoms with Crippen LogP contribution in [0.1, 0.15) is 19.3 Å². The molecular weight excluding hydrogens is 260 g/mol. The van der Waals surface area contributed by atoms with Crippen LogP contribution in [-0.2, 0) is 4.79 Å². The van der Waals surface area contributed by atoms with Crippen LogP contribution in [0.5, 0.6) is 0 Å². The molecule has 5 heteroatoms. The number of aliphatic carboxylic acids is 1. The average molecular weight is 276 g/mol. The van der Waals surface area contributed by atoms with Gasteiger partial charge in [-0.25, -0.2) is 4.98 Å². The molecule has 1 aromatic heterocycles. The molecule has 0 unspecified atom stereocenters. The first-order chi connectivity index (χ1) is 9.25. The third-order valence-corrected chi connectivity index (χ3v) is 3.47. The van der Waals surface area contributed by atoms with E-state index in [1.807, 2.05) is 35.7 Å². The SMILES string of the molecule is O=C(O)CCCCNc1nc(-c2ccccc2)cs1. The minimum atomic E-state index is -0.736. The number of aromatic nitrogens is 1. The van der Waals surface area contributed by atoms with Crippen molar-refractivity contribution in [1.29, 1.82) is 0 Å². The van der Waals surface area contributed by atoms with Crippen molar-refractivity contribution in [2.45, 2.75) is 19.3 Å². The Balaban J connectivity index is 1.80. The van der Waals surface area contributed by atoms with Gasteiger partial charge in [-0.3, -0.25) is 4.79 Å². The van der Waals surface area contributed by atoms with Crippen LogP contribution in [0.15, 0.2) is 35.7 Å². The molecule has 1 heterocycles. The van der Waals surface area contributed by atoms with Gasteiger partial charge in [0.2, 0.25) is 0 Å². The average Bonchev–Trinajstić information content (AvgIpc) is 2.88. The molecule has 0 saturated heterocycles. The molecule has 0 amide bonds. The fraction of sp³-hybridized carbons (Fsp3) is 0.286. The summed E-state index contributed by atoms with van der Waals surface area (Å²) >= 11 is 1.57. The van der Waals surface area contributed by atoms with Crippen LogP contribution in [0.4, 0.5) is 5.13 Å². The molecule has 0 spiro atoms. The van der Waals surface area contributed by atoms with Gasteiger partial charge in [-0.15, -0.1) is 11.3 Å². The molecule has 19 heavy (non-hydrogen) atoms. The normalized spacial score (nSPS) is 10.3. The number of anilines is 1. The standard InChI is InChI=1S/C14H16N2O2S/c17-13(18)8-4-5-9-15-14-16-12(10-19-14)11-6-2-1-3-7-11/h1-3,6-7,10H,4-5,8-9H2,(H,15,16)(H,17,18). The van der Waals surface area contributed by atoms with Gasteiger partial charge in [-0.1, -0.05) is 30.3 Å². The van der Waals surface area contributed by atoms with Gasteiger partial charge in [0.05, 0.1) is 5.69 Å². The molecule has 2 N–H and O–H groups in total. The first-order valence-corrected chi connectivity index (χ1v) is 7.10. The Morgan fingerprint density at radius 1 is 1.26 bits per heavy atom. The van der Waals surface area contributed by atoms with Crippen molar-refractivity contribution in [2.75, 3.05) is 11.9 Å². The van der Waals surface area contributed by atoms with E-state index in [0.29, 0.717) is 6.42 Å². The van der Waals surface area contributed by atoms with Crippen LogP contribution in [0.25, 0.3) is 11.3 Å². The van der Waals surface area contributed by atoms with Gasteiger partial charge in [-0.05, 0) is 12.8 Å². The van der Waals surface area contributed by atoms with Crippen LogP contribution in [0, 0.1) is 0 Å². The lowest BCUT2D eigenvalue weighted by Crippen LogP contribution is -2.02. The number of carbonyl (C=O) groups is 1. The van der Waals surface area contributed by atoms with Gasteiger partial charge in [0.25, 0.3) is 0 Å². The molecule has 0 atom stereocenters. The third-order valence-electron chi connectivity index (χ3n) is 2.67. The van der Waals surface area contributed by atoms with Crippen LogP contribution in [-0.4, -0.2) is 22.6 Å². The van der Waals surface area contributed by atoms with Crippen molar-refractivity contribution < 1.29 is 9.90 Å². The number of nitrogens with one attached hydrogen (secondary N) is 1. The highest BCUT2D eigenvalue weighted by Gasteiger charge is 2.03. The first kappa shape index (κ1) is 13.5. The molecule has 1 aromatic carbocycles. The number of hydrogen-bond acceptors (Lipinski definition) is 4. The van der Waals surface area contributed by atoms with E-state index in [9.17, 15) is 4.79 Å². The third kappa shape index (κ3) is 4.37. The maximum Gasteiger partial charge on any atom is 0.303 e. The first-order valence-electron chi connectivity index (χ1n) is 6.22. The molecule has 0 bridgehead atoms. The van der Waals surface area contributed by atoms with Crippen LogP contribution in [0.2, 0.25) is 0 Å². The highest BCUT2D eigenvalue weighted by atomic mass is 32.1. The number of rotatable bonds is 7. The van der Waals surface area contributed by atoms with E-state index >= 15 is 0 Å². The van der Waals surface area contributed by atoms with Crippen LogP contribution in [0.3, 0.4) is 0 Å². The van der Waals surface area contributed by atoms with E-state index in [2.05, 4.69) is 10.3 Å². The smallest absolute Gasteiger partial charge is 0.303 e. The summed E-state index contributed by atoms with van der Waals surface area (Å²) in [7, 11) is 0. The minimum Gasteiger partial charge on any atom is -0.481 e. The van der Waals surface area contributed by atoms with Gasteiger partial charge in [-0.2, -0.15) is 0 Å². The Morgan fingerprint density at radius 3 is 2.79 bits per heavy atom. The number of thiazole rings is 1. The molecular formula is C14H16N2O2S. The van der Waals surface area contributed by atoms with Crippen molar-refractivity contribution in [2.24, 2.45) is 0 Å². The Kier molecular flexibility index (Phi) is 4.92. The van der Waals surface area contributed by atoms with Gasteiger partial charge in [0.15, 0.2) is 5.13 Å². The van der Waals surface area contributed by atoms with E-state index in [1.165, 1.54) is 0 Å². The van der Waals surface area contributed by atoms with Crippen molar-refractivity contribution in [3.63, 3.8) is 0 Å². The quantitative estimate of drug-likeness (QED) is 0.760. The summed E-state index contributed by atoms with van der Waals surface area (Å²) in [6, 6.07) is 10.0. The predicted octanol–water partition coefficient (Wildman–Crippen LogP) is 3.48. The van der Waals surface area contributed by atoms with Crippen LogP contribution >= 0.6 is 11.3 Å². The Labute approximate surface area is 116 Å². The zero-order chi connectivity index (χ0) is 13.5. The summed E-state index contributed by atoms with van der Waals surface area (Å²) in [5.74, 6) is -0.736. The van der Waals surface area contributed by atoms with E-state index in [0.717, 1.165) is 29.4 Å². The number of benzene rings is 1. The summed E-state index contributed by atoms with van der Waals surface area (Å²) in [6.07, 6.45) is 1.76. The van der Waals surface area contributed by atoms with Gasteiger partial charge >= 0.3 is 5.97 Å². The molecule has 100 valence electrons. The summed E-state index contributed by atoms with van der Waals surface area (Å²) in [6.45, 7) is 0.759. The monoisotopic (exact) mass is 276 g/mol. The lowest BCUT2D eigenvalue weighted by atomic mass is 10.2. The van der Waals surface area contributed by atoms with E-state index < -0.39 is 5.97 Å². The molecule has 2 rings (SSSR count). The van der Waals surface area contributed by atoms with Gasteiger partial charge < -0.3 is 10.4 Å². The molecule has 0 aliphatic carbocycles. The number of carboxylic acids is 1. The summed E-state index contributed by atoms with van der Waals surface area (Å²) in [5.41, 5.74) is 2.08. The molecule has 0 fully saturated rings. The summed E-state index contributed by atoms with van der Waals surface area (Å²) < 4.78 is 0. The second-order valence-electron chi connectivity index (χ2n) is 4.18. The second-order valence-corrected chi connectivity index (χ2v) is 5.04. The topological polar surface area (TPSA) is 62.2 Å². The highest BCUT2D eigenvalue weighted by Crippen LogP contribution is 2.24. The molecule has 2 aromatic rings. The highest BCUT2D eigenvalue weighted by molar-refractivity contribution is 7.14. The summed E-state index contributed by atoms with van der Waals surface area (Å²) in [5, 5.41) is 14.7. The number of unbranched alkanes of at least 4 members (excludes halogenated alkanes) is 1. The molecule has 4 nitrogen and oxygen atoms in total. The minimum absolute atomic E-state index is 0.231. The van der Waals surface area contributed by atoms with Crippen molar-refractivity contribution >= 4 is 22.4 Å². The lowest BCUT2D eigenvalue weighted by molar-refractivity contribution is -0.137. The molecule has 0 saturated carbocycles. The fourth-order valence-electron chi connectivity index (χ4n) is 1.69. The van der Waals surface area contributed by atoms with E-state index in [4.69, 9.17) is 5.11 Å². The molecule has 0 radical (unpaired) electrons. The Hall–Kier alpha value is -1.88. The molecule has 0 aliphatic rings. The zero-order valence-corrected chi connectivity index (χ0v) is 11.3. The van der Waals surface area contributed by atoms with E-state index in [1.54, 1.807) is 11.3 Å². The van der Waals surface area contributed by atoms with Gasteiger partial charge in [0.1, 0.15) is 0 Å². The predicted molar refractivity (Wildman–Crippen MR) is 77.5 cm³/mol. The van der Waals surface area contributed by atoms with Crippen molar-refractivity contribution in [3.05, 3.63) is 35.7 Å². The Morgan fingerprint density at radius 2 is 2.05 bits per heavy atom. The maximum atomic E-state index is 10.4. The van der Waals surface area contributed by atoms with Crippen molar-refractivity contribution in [3.8, 4) is 11.3 Å². The van der Waals surface area contributed by atoms with Crippen LogP contribution < -0.4 is 5.32 Å². The van der Waals surface area contributed by atoms with Crippen molar-refractivity contribution in [1.82, 2.24) is 4.98 Å².